The van der Waals surface area contributed by atoms with Crippen LogP contribution in [0.3, 0.4) is 0 Å². The Morgan fingerprint density at radius 3 is 1.67 bits per heavy atom. The summed E-state index contributed by atoms with van der Waals surface area (Å²) in [7, 11) is 6.46. The summed E-state index contributed by atoms with van der Waals surface area (Å²) in [4.78, 5) is 0.449. The highest BCUT2D eigenvalue weighted by atomic mass is 32.0. The summed E-state index contributed by atoms with van der Waals surface area (Å²) < 4.78 is 0. The Bertz CT molecular complexity index is 35.8. The van der Waals surface area contributed by atoms with Crippen molar-refractivity contribution >= 4 is 26.4 Å². The van der Waals surface area contributed by atoms with Crippen molar-refractivity contribution in [2.24, 2.45) is 0 Å². The normalized spacial score (nSPS) is 14.0. The molecule has 0 aromatic rings. The zero-order chi connectivity index (χ0) is 5.21. The highest BCUT2D eigenvalue weighted by Gasteiger charge is 2.03. The van der Waals surface area contributed by atoms with E-state index in [1.54, 1.807) is 0 Å². The van der Waals surface area contributed by atoms with Crippen LogP contribution in [-0.4, -0.2) is 4.90 Å². The molecule has 0 aliphatic heterocycles. The first-order valence-corrected chi connectivity index (χ1v) is 5.21. The van der Waals surface area contributed by atoms with Crippen molar-refractivity contribution in [1.29, 1.82) is 0 Å². The molecule has 0 aromatic carbocycles. The van der Waals surface area contributed by atoms with E-state index in [0.717, 1.165) is 8.27 Å². The first-order chi connectivity index (χ1) is 2.56. The third-order valence-electron chi connectivity index (χ3n) is 0.372. The number of hydrogen-bond acceptors (Lipinski definition) is 0. The summed E-state index contributed by atoms with van der Waals surface area (Å²) in [5, 5.41) is 0. The predicted octanol–water partition coefficient (Wildman–Crippen LogP) is 2.07. The topological polar surface area (TPSA) is 0 Å². The van der Waals surface area contributed by atoms with Crippen LogP contribution in [0.4, 0.5) is 0 Å². The maximum atomic E-state index is 2.78. The molecule has 0 N–H and O–H groups in total. The molecule has 0 radical (unpaired) electrons. The van der Waals surface area contributed by atoms with Crippen molar-refractivity contribution in [2.75, 3.05) is 0 Å². The Labute approximate surface area is 45.9 Å². The highest BCUT2D eigenvalue weighted by molar-refractivity contribution is 8.05. The molecule has 0 spiro atoms. The fraction of sp³-hybridized carbons (Fsp3) is 1.00. The minimum atomic E-state index is 0.449. The second kappa shape index (κ2) is 2.56. The molecule has 0 aliphatic rings. The zero-order valence-corrected chi connectivity index (χ0v) is 7.46. The summed E-state index contributed by atoms with van der Waals surface area (Å²) >= 11 is 0. The highest BCUT2D eigenvalue weighted by Crippen LogP contribution is 2.42. The van der Waals surface area contributed by atoms with Gasteiger partial charge in [-0.05, 0) is 4.90 Å². The first-order valence-electron chi connectivity index (χ1n) is 1.83. The maximum Gasteiger partial charge on any atom is -0.00000826 e. The smallest absolute Gasteiger partial charge is 0.00000826 e. The van der Waals surface area contributed by atoms with Gasteiger partial charge >= 0.3 is 0 Å². The van der Waals surface area contributed by atoms with E-state index < -0.39 is 0 Å². The van der Waals surface area contributed by atoms with Crippen molar-refractivity contribution in [2.45, 2.75) is 18.7 Å². The van der Waals surface area contributed by atoms with Gasteiger partial charge in [0.15, 0.2) is 0 Å². The van der Waals surface area contributed by atoms with Gasteiger partial charge in [0.25, 0.3) is 0 Å². The van der Waals surface area contributed by atoms with E-state index in [4.69, 9.17) is 0 Å². The van der Waals surface area contributed by atoms with E-state index in [9.17, 15) is 0 Å². The molecular weight excluding hydrogens is 129 g/mol. The second-order valence-corrected chi connectivity index (χ2v) is 6.33. The van der Waals surface area contributed by atoms with Crippen molar-refractivity contribution < 1.29 is 0 Å². The van der Waals surface area contributed by atoms with Gasteiger partial charge in [-0.1, -0.05) is 22.1 Å². The molecule has 0 amide bonds. The van der Waals surface area contributed by atoms with E-state index in [1.807, 2.05) is 0 Å². The van der Waals surface area contributed by atoms with E-state index in [1.165, 1.54) is 0 Å². The standard InChI is InChI=1S/C3H11P3/c1-3(2,4)6-5/h6H,4-5H2,1-2H3. The Hall–Kier alpha value is 1.29. The Morgan fingerprint density at radius 2 is 1.67 bits per heavy atom. The van der Waals surface area contributed by atoms with Crippen LogP contribution in [0.15, 0.2) is 0 Å². The molecule has 0 nitrogen and oxygen atoms in total. The van der Waals surface area contributed by atoms with Gasteiger partial charge in [-0.2, -0.15) is 0 Å². The Balaban J connectivity index is 3.17. The predicted molar refractivity (Wildman–Crippen MR) is 41.8 cm³/mol. The van der Waals surface area contributed by atoms with Gasteiger partial charge in [-0.25, -0.2) is 0 Å². The lowest BCUT2D eigenvalue weighted by atomic mass is 10.5. The molecule has 0 saturated heterocycles. The van der Waals surface area contributed by atoms with Gasteiger partial charge in [0, 0.05) is 0 Å². The maximum absolute atomic E-state index is 2.78. The fourth-order valence-electron chi connectivity index (χ4n) is 0. The average molecular weight is 140 g/mol. The van der Waals surface area contributed by atoms with Gasteiger partial charge in [-0.3, -0.25) is 0 Å². The minimum absolute atomic E-state index is 0.449. The lowest BCUT2D eigenvalue weighted by molar-refractivity contribution is 1.03. The summed E-state index contributed by atoms with van der Waals surface area (Å²) in [6, 6.07) is 0. The Kier molecular flexibility index (Phi) is 3.11. The van der Waals surface area contributed by atoms with Crippen LogP contribution in [0.25, 0.3) is 0 Å². The van der Waals surface area contributed by atoms with Crippen LogP contribution in [0, 0.1) is 0 Å². The molecule has 6 heavy (non-hydrogen) atoms. The third-order valence-corrected chi connectivity index (χ3v) is 4.85. The lowest BCUT2D eigenvalue weighted by Gasteiger charge is -2.12. The molecule has 0 bridgehead atoms. The van der Waals surface area contributed by atoms with Gasteiger partial charge in [-0.15, -0.1) is 18.2 Å². The monoisotopic (exact) mass is 140 g/mol. The molecule has 0 heterocycles. The van der Waals surface area contributed by atoms with E-state index in [2.05, 4.69) is 32.0 Å². The van der Waals surface area contributed by atoms with Crippen LogP contribution in [0.1, 0.15) is 13.8 Å². The number of rotatable bonds is 1. The van der Waals surface area contributed by atoms with E-state index in [0.29, 0.717) is 4.90 Å². The van der Waals surface area contributed by atoms with Crippen molar-refractivity contribution in [3.63, 3.8) is 0 Å². The van der Waals surface area contributed by atoms with Crippen LogP contribution in [0.2, 0.25) is 0 Å². The molecule has 0 fully saturated rings. The van der Waals surface area contributed by atoms with Gasteiger partial charge in [0.05, 0.1) is 0 Å². The van der Waals surface area contributed by atoms with Crippen LogP contribution < -0.4 is 0 Å². The molecule has 0 aromatic heterocycles. The summed E-state index contributed by atoms with van der Waals surface area (Å²) in [6.07, 6.45) is 0. The number of hydrogen-bond donors (Lipinski definition) is 0. The van der Waals surface area contributed by atoms with E-state index in [-0.39, 0.29) is 0 Å². The van der Waals surface area contributed by atoms with Gasteiger partial charge < -0.3 is 0 Å². The minimum Gasteiger partial charge on any atom is -0.127 e. The van der Waals surface area contributed by atoms with Crippen molar-refractivity contribution in [3.05, 3.63) is 0 Å². The molecule has 38 valence electrons. The molecular formula is C3H11P3. The van der Waals surface area contributed by atoms with Crippen LogP contribution in [-0.2, 0) is 0 Å². The van der Waals surface area contributed by atoms with Crippen molar-refractivity contribution in [1.82, 2.24) is 0 Å². The zero-order valence-electron chi connectivity index (χ0n) is 4.15. The summed E-state index contributed by atoms with van der Waals surface area (Å²) in [5.74, 6) is 0. The average Bonchev–Trinajstić information content (AvgIpc) is 1.35. The quantitative estimate of drug-likeness (QED) is 0.489. The SMILES string of the molecule is CC(C)(P)PP. The van der Waals surface area contributed by atoms with Gasteiger partial charge in [0.2, 0.25) is 0 Å². The molecule has 0 saturated carbocycles. The Morgan fingerprint density at radius 1 is 1.50 bits per heavy atom. The second-order valence-electron chi connectivity index (χ2n) is 1.87. The third kappa shape index (κ3) is 5.29. The lowest BCUT2D eigenvalue weighted by Crippen LogP contribution is -1.93. The summed E-state index contributed by atoms with van der Waals surface area (Å²) in [6.45, 7) is 4.40. The molecule has 3 heteroatoms. The molecule has 3 unspecified atom stereocenters. The summed E-state index contributed by atoms with van der Waals surface area (Å²) in [5.41, 5.74) is 0. The molecule has 0 aliphatic carbocycles. The first kappa shape index (κ1) is 7.29. The van der Waals surface area contributed by atoms with Crippen molar-refractivity contribution in [3.8, 4) is 0 Å². The molecule has 0 rings (SSSR count). The van der Waals surface area contributed by atoms with E-state index >= 15 is 0 Å². The fourth-order valence-corrected chi connectivity index (χ4v) is 0. The van der Waals surface area contributed by atoms with Gasteiger partial charge in [0.1, 0.15) is 0 Å². The van der Waals surface area contributed by atoms with Crippen LogP contribution in [0.5, 0.6) is 0 Å². The molecule has 3 atom stereocenters. The largest absolute Gasteiger partial charge is 0.127 e. The van der Waals surface area contributed by atoms with Crippen LogP contribution >= 0.6 is 26.4 Å².